The number of ether oxygens (including phenoxy) is 1. The predicted octanol–water partition coefficient (Wildman–Crippen LogP) is 7.47. The van der Waals surface area contributed by atoms with Crippen molar-refractivity contribution in [3.8, 4) is 5.75 Å². The first-order valence-corrected chi connectivity index (χ1v) is 12.1. The predicted molar refractivity (Wildman–Crippen MR) is 136 cm³/mol. The van der Waals surface area contributed by atoms with Crippen molar-refractivity contribution < 1.29 is 9.30 Å². The topological polar surface area (TPSA) is 37.8 Å². The van der Waals surface area contributed by atoms with E-state index in [-0.39, 0.29) is 0 Å². The molecule has 1 aromatic heterocycles. The molecule has 0 radical (unpaired) electrons. The van der Waals surface area contributed by atoms with Crippen LogP contribution in [0.25, 0.3) is 0 Å². The van der Waals surface area contributed by atoms with Crippen molar-refractivity contribution in [2.75, 3.05) is 6.61 Å². The molecule has 4 rings (SSSR count). The van der Waals surface area contributed by atoms with Crippen LogP contribution in [0.5, 0.6) is 5.75 Å². The summed E-state index contributed by atoms with van der Waals surface area (Å²) >= 11 is 0. The molecule has 172 valence electrons. The summed E-state index contributed by atoms with van der Waals surface area (Å²) in [5, 5.41) is 9.73. The zero-order valence-electron chi connectivity index (χ0n) is 19.8. The first kappa shape index (κ1) is 23.4. The monoisotopic (exact) mass is 450 g/mol. The molecular weight excluding hydrogens is 418 g/mol. The van der Waals surface area contributed by atoms with Crippen molar-refractivity contribution in [2.24, 2.45) is 10.2 Å². The Morgan fingerprint density at radius 1 is 0.676 bits per heavy atom. The number of pyridine rings is 1. The molecule has 4 nitrogen and oxygen atoms in total. The highest BCUT2D eigenvalue weighted by Gasteiger charge is 2.44. The van der Waals surface area contributed by atoms with Gasteiger partial charge >= 0.3 is 5.66 Å². The zero-order valence-corrected chi connectivity index (χ0v) is 19.8. The van der Waals surface area contributed by atoms with Crippen molar-refractivity contribution >= 4 is 5.69 Å². The molecule has 4 aromatic rings. The third-order valence-corrected chi connectivity index (χ3v) is 5.86. The van der Waals surface area contributed by atoms with Gasteiger partial charge in [-0.25, -0.2) is 0 Å². The number of azo groups is 1. The van der Waals surface area contributed by atoms with Crippen LogP contribution in [0.15, 0.2) is 126 Å². The third-order valence-electron chi connectivity index (χ3n) is 5.86. The summed E-state index contributed by atoms with van der Waals surface area (Å²) in [7, 11) is 0. The van der Waals surface area contributed by atoms with Crippen molar-refractivity contribution in [2.45, 2.75) is 38.3 Å². The molecule has 4 heteroatoms. The van der Waals surface area contributed by atoms with E-state index in [9.17, 15) is 0 Å². The van der Waals surface area contributed by atoms with Crippen LogP contribution in [-0.2, 0) is 5.66 Å². The SMILES string of the molecule is CCCCCCOc1ccc(N=NC(c2ccccc2)(c2ccccc2)[n+]2ccccc2)cc1. The lowest BCUT2D eigenvalue weighted by molar-refractivity contribution is -0.744. The van der Waals surface area contributed by atoms with E-state index in [0.717, 1.165) is 35.6 Å². The van der Waals surface area contributed by atoms with Crippen molar-refractivity contribution in [3.63, 3.8) is 0 Å². The summed E-state index contributed by atoms with van der Waals surface area (Å²) in [5.74, 6) is 0.866. The van der Waals surface area contributed by atoms with Gasteiger partial charge in [0, 0.05) is 12.1 Å². The molecule has 0 unspecified atom stereocenters. The Morgan fingerprint density at radius 2 is 1.26 bits per heavy atom. The van der Waals surface area contributed by atoms with Crippen molar-refractivity contribution in [1.82, 2.24) is 0 Å². The Kier molecular flexibility index (Phi) is 8.18. The highest BCUT2D eigenvalue weighted by Crippen LogP contribution is 2.32. The number of nitrogens with zero attached hydrogens (tertiary/aromatic N) is 3. The minimum absolute atomic E-state index is 0.747. The van der Waals surface area contributed by atoms with E-state index in [4.69, 9.17) is 15.0 Å². The summed E-state index contributed by atoms with van der Waals surface area (Å²) in [6.07, 6.45) is 8.85. The van der Waals surface area contributed by atoms with Crippen LogP contribution in [0.4, 0.5) is 5.69 Å². The van der Waals surface area contributed by atoms with Crippen molar-refractivity contribution in [3.05, 3.63) is 127 Å². The van der Waals surface area contributed by atoms with E-state index in [2.05, 4.69) is 35.8 Å². The Labute approximate surface area is 202 Å². The van der Waals surface area contributed by atoms with Gasteiger partial charge in [-0.2, -0.15) is 4.57 Å². The van der Waals surface area contributed by atoms with Gasteiger partial charge in [0.1, 0.15) is 5.75 Å². The lowest BCUT2D eigenvalue weighted by atomic mass is 9.91. The molecule has 0 aliphatic carbocycles. The first-order valence-electron chi connectivity index (χ1n) is 12.1. The van der Waals surface area contributed by atoms with Gasteiger partial charge in [-0.15, -0.1) is 10.2 Å². The molecular formula is C30H32N3O+. The Bertz CT molecular complexity index is 1050. The molecule has 0 aliphatic heterocycles. The summed E-state index contributed by atoms with van der Waals surface area (Å²) < 4.78 is 7.99. The van der Waals surface area contributed by atoms with E-state index in [1.165, 1.54) is 19.3 Å². The molecule has 0 atom stereocenters. The molecule has 3 aromatic carbocycles. The fraction of sp³-hybridized carbons (Fsp3) is 0.233. The van der Waals surface area contributed by atoms with E-state index >= 15 is 0 Å². The fourth-order valence-electron chi connectivity index (χ4n) is 4.05. The normalized spacial score (nSPS) is 11.6. The van der Waals surface area contributed by atoms with Crippen LogP contribution in [0.2, 0.25) is 0 Å². The van der Waals surface area contributed by atoms with Gasteiger partial charge in [-0.3, -0.25) is 0 Å². The number of rotatable bonds is 11. The molecule has 0 aliphatic rings. The summed E-state index contributed by atoms with van der Waals surface area (Å²) in [6, 6.07) is 34.5. The van der Waals surface area contributed by atoms with Gasteiger partial charge in [-0.05, 0) is 55.0 Å². The highest BCUT2D eigenvalue weighted by molar-refractivity contribution is 5.41. The molecule has 0 saturated heterocycles. The van der Waals surface area contributed by atoms with Gasteiger partial charge < -0.3 is 4.74 Å². The Hall–Kier alpha value is -3.79. The lowest BCUT2D eigenvalue weighted by Crippen LogP contribution is -2.56. The molecule has 0 saturated carbocycles. The van der Waals surface area contributed by atoms with E-state index < -0.39 is 5.66 Å². The minimum Gasteiger partial charge on any atom is -0.494 e. The van der Waals surface area contributed by atoms with Crippen LogP contribution in [0.1, 0.15) is 43.7 Å². The number of benzene rings is 3. The maximum absolute atomic E-state index is 5.88. The quantitative estimate of drug-likeness (QED) is 0.133. The van der Waals surface area contributed by atoms with Crippen LogP contribution in [0, 0.1) is 0 Å². The van der Waals surface area contributed by atoms with E-state index in [1.807, 2.05) is 91.3 Å². The zero-order chi connectivity index (χ0) is 23.5. The smallest absolute Gasteiger partial charge is 0.330 e. The highest BCUT2D eigenvalue weighted by atomic mass is 16.5. The third kappa shape index (κ3) is 5.57. The summed E-state index contributed by atoms with van der Waals surface area (Å²) in [4.78, 5) is 0. The number of hydrogen-bond acceptors (Lipinski definition) is 3. The molecule has 0 N–H and O–H groups in total. The average molecular weight is 451 g/mol. The Morgan fingerprint density at radius 3 is 1.85 bits per heavy atom. The van der Waals surface area contributed by atoms with Gasteiger partial charge in [0.25, 0.3) is 0 Å². The maximum Gasteiger partial charge on any atom is 0.330 e. The molecule has 0 spiro atoms. The number of unbranched alkanes of at least 4 members (excludes halogenated alkanes) is 3. The van der Waals surface area contributed by atoms with Crippen LogP contribution >= 0.6 is 0 Å². The maximum atomic E-state index is 5.88. The fourth-order valence-corrected chi connectivity index (χ4v) is 4.05. The first-order chi connectivity index (χ1) is 16.8. The van der Waals surface area contributed by atoms with Crippen molar-refractivity contribution in [1.29, 1.82) is 0 Å². The number of aromatic nitrogens is 1. The van der Waals surface area contributed by atoms with Gasteiger partial charge in [0.05, 0.1) is 23.4 Å². The van der Waals surface area contributed by atoms with Gasteiger partial charge in [0.2, 0.25) is 0 Å². The van der Waals surface area contributed by atoms with E-state index in [0.29, 0.717) is 0 Å². The van der Waals surface area contributed by atoms with Gasteiger partial charge in [-0.1, -0.05) is 68.7 Å². The van der Waals surface area contributed by atoms with Crippen LogP contribution < -0.4 is 9.30 Å². The number of hydrogen-bond donors (Lipinski definition) is 0. The van der Waals surface area contributed by atoms with Gasteiger partial charge in [0.15, 0.2) is 12.4 Å². The minimum atomic E-state index is -0.835. The van der Waals surface area contributed by atoms with Crippen LogP contribution in [-0.4, -0.2) is 6.61 Å². The van der Waals surface area contributed by atoms with Crippen LogP contribution in [0.3, 0.4) is 0 Å². The standard InChI is InChI=1S/C30H32N3O/c1-2-3-4-14-25-34-29-21-19-28(20-22-29)31-32-30(26-15-8-5-9-16-26,27-17-10-6-11-18-27)33-23-12-7-13-24-33/h5-13,15-24H,2-4,14,25H2,1H3/q+1. The van der Waals surface area contributed by atoms with E-state index in [1.54, 1.807) is 0 Å². The largest absolute Gasteiger partial charge is 0.494 e. The average Bonchev–Trinajstić information content (AvgIpc) is 2.91. The second kappa shape index (κ2) is 11.9. The summed E-state index contributed by atoms with van der Waals surface area (Å²) in [6.45, 7) is 2.96. The lowest BCUT2D eigenvalue weighted by Gasteiger charge is -2.24. The Balaban J connectivity index is 1.67. The molecule has 0 bridgehead atoms. The molecule has 1 heterocycles. The summed E-state index contributed by atoms with van der Waals surface area (Å²) in [5.41, 5.74) is 2.02. The second-order valence-corrected chi connectivity index (χ2v) is 8.29. The molecule has 0 amide bonds. The molecule has 0 fully saturated rings. The molecule has 34 heavy (non-hydrogen) atoms. The second-order valence-electron chi connectivity index (χ2n) is 8.29.